The Morgan fingerprint density at radius 3 is 2.54 bits per heavy atom. The number of carbonyl (C=O) groups excluding carboxylic acids is 3. The van der Waals surface area contributed by atoms with E-state index < -0.39 is 11.3 Å². The number of primary amides is 1. The van der Waals surface area contributed by atoms with Crippen LogP contribution < -0.4 is 15.4 Å². The number of rotatable bonds is 4. The van der Waals surface area contributed by atoms with E-state index in [1.807, 2.05) is 24.3 Å². The molecule has 2 aliphatic rings. The van der Waals surface area contributed by atoms with Crippen molar-refractivity contribution in [2.45, 2.75) is 11.8 Å². The molecule has 144 valence electrons. The Balaban J connectivity index is 1.63. The molecule has 2 aliphatic heterocycles. The topological polar surface area (TPSA) is 92.9 Å². The maximum Gasteiger partial charge on any atom is 0.253 e. The number of carbonyl (C=O) groups is 3. The van der Waals surface area contributed by atoms with Gasteiger partial charge in [0, 0.05) is 24.3 Å². The predicted molar refractivity (Wildman–Crippen MR) is 103 cm³/mol. The Kier molecular flexibility index (Phi) is 4.30. The minimum absolute atomic E-state index is 0.127. The highest BCUT2D eigenvalue weighted by Crippen LogP contribution is 2.47. The van der Waals surface area contributed by atoms with Crippen LogP contribution >= 0.6 is 0 Å². The summed E-state index contributed by atoms with van der Waals surface area (Å²) in [7, 11) is 1.57. The highest BCUT2D eigenvalue weighted by Gasteiger charge is 2.55. The number of para-hydroxylation sites is 1. The largest absolute Gasteiger partial charge is 0.497 e. The molecule has 1 unspecified atom stereocenters. The number of hydrogen-bond donors (Lipinski definition) is 1. The van der Waals surface area contributed by atoms with Crippen molar-refractivity contribution in [2.24, 2.45) is 5.73 Å². The van der Waals surface area contributed by atoms with Crippen molar-refractivity contribution in [1.82, 2.24) is 4.90 Å². The Hall–Kier alpha value is -3.35. The highest BCUT2D eigenvalue weighted by molar-refractivity contribution is 6.11. The molecule has 1 atom stereocenters. The van der Waals surface area contributed by atoms with Gasteiger partial charge >= 0.3 is 0 Å². The SMILES string of the molecule is COc1ccc(C(=O)N2CCC3(C2)C(=O)N(CC(N)=O)c2ccccc23)cc1. The lowest BCUT2D eigenvalue weighted by molar-refractivity contribution is -0.125. The molecule has 4 rings (SSSR count). The first kappa shape index (κ1) is 18.0. The van der Waals surface area contributed by atoms with E-state index in [0.717, 1.165) is 5.56 Å². The molecule has 1 saturated heterocycles. The van der Waals surface area contributed by atoms with Gasteiger partial charge in [-0.1, -0.05) is 18.2 Å². The maximum absolute atomic E-state index is 13.3. The minimum atomic E-state index is -0.825. The average molecular weight is 379 g/mol. The summed E-state index contributed by atoms with van der Waals surface area (Å²) in [5, 5.41) is 0. The van der Waals surface area contributed by atoms with E-state index in [1.165, 1.54) is 4.90 Å². The van der Waals surface area contributed by atoms with Crippen LogP contribution in [0.2, 0.25) is 0 Å². The molecular weight excluding hydrogens is 358 g/mol. The van der Waals surface area contributed by atoms with E-state index in [9.17, 15) is 14.4 Å². The summed E-state index contributed by atoms with van der Waals surface area (Å²) >= 11 is 0. The Morgan fingerprint density at radius 1 is 1.14 bits per heavy atom. The number of anilines is 1. The third kappa shape index (κ3) is 2.70. The van der Waals surface area contributed by atoms with Crippen LogP contribution in [0.25, 0.3) is 0 Å². The van der Waals surface area contributed by atoms with Gasteiger partial charge < -0.3 is 20.3 Å². The molecule has 2 N–H and O–H groups in total. The molecule has 0 saturated carbocycles. The number of methoxy groups -OCH3 is 1. The third-order valence-corrected chi connectivity index (χ3v) is 5.57. The Morgan fingerprint density at radius 2 is 1.86 bits per heavy atom. The fourth-order valence-corrected chi connectivity index (χ4v) is 4.20. The van der Waals surface area contributed by atoms with Gasteiger partial charge in [0.25, 0.3) is 5.91 Å². The van der Waals surface area contributed by atoms with Crippen LogP contribution in [0, 0.1) is 0 Å². The fourth-order valence-electron chi connectivity index (χ4n) is 4.20. The second-order valence-electron chi connectivity index (χ2n) is 7.16. The van der Waals surface area contributed by atoms with Crippen molar-refractivity contribution in [2.75, 3.05) is 31.6 Å². The summed E-state index contributed by atoms with van der Waals surface area (Å²) in [6, 6.07) is 14.3. The van der Waals surface area contributed by atoms with E-state index in [4.69, 9.17) is 10.5 Å². The molecule has 0 radical (unpaired) electrons. The number of nitrogens with two attached hydrogens (primary N) is 1. The van der Waals surface area contributed by atoms with Crippen LogP contribution in [0.3, 0.4) is 0 Å². The first-order valence-electron chi connectivity index (χ1n) is 9.09. The molecule has 0 aliphatic carbocycles. The van der Waals surface area contributed by atoms with Crippen LogP contribution in [0.1, 0.15) is 22.3 Å². The van der Waals surface area contributed by atoms with Crippen LogP contribution in [-0.4, -0.2) is 49.4 Å². The van der Waals surface area contributed by atoms with Gasteiger partial charge in [-0.05, 0) is 42.3 Å². The van der Waals surface area contributed by atoms with Crippen molar-refractivity contribution >= 4 is 23.4 Å². The molecule has 2 heterocycles. The van der Waals surface area contributed by atoms with Crippen molar-refractivity contribution in [1.29, 1.82) is 0 Å². The first-order chi connectivity index (χ1) is 13.5. The third-order valence-electron chi connectivity index (χ3n) is 5.57. The van der Waals surface area contributed by atoms with Gasteiger partial charge in [0.15, 0.2) is 0 Å². The van der Waals surface area contributed by atoms with E-state index >= 15 is 0 Å². The summed E-state index contributed by atoms with van der Waals surface area (Å²) < 4.78 is 5.13. The molecular formula is C21H21N3O4. The zero-order chi connectivity index (χ0) is 19.9. The average Bonchev–Trinajstić information content (AvgIpc) is 3.25. The number of amides is 3. The summed E-state index contributed by atoms with van der Waals surface area (Å²) in [6.45, 7) is 0.586. The van der Waals surface area contributed by atoms with E-state index in [1.54, 1.807) is 36.3 Å². The van der Waals surface area contributed by atoms with E-state index in [2.05, 4.69) is 0 Å². The summed E-state index contributed by atoms with van der Waals surface area (Å²) in [5.74, 6) is -0.184. The van der Waals surface area contributed by atoms with Crippen LogP contribution in [0.4, 0.5) is 5.69 Å². The fraction of sp³-hybridized carbons (Fsp3) is 0.286. The quantitative estimate of drug-likeness (QED) is 0.867. The van der Waals surface area contributed by atoms with Gasteiger partial charge in [0.05, 0.1) is 12.5 Å². The van der Waals surface area contributed by atoms with Gasteiger partial charge in [-0.25, -0.2) is 0 Å². The Labute approximate surface area is 162 Å². The summed E-state index contributed by atoms with van der Waals surface area (Å²) in [4.78, 5) is 40.8. The lowest BCUT2D eigenvalue weighted by Crippen LogP contribution is -2.45. The van der Waals surface area contributed by atoms with E-state index in [-0.39, 0.29) is 24.9 Å². The standard InChI is InChI=1S/C21H21N3O4/c1-28-15-8-6-14(7-9-15)19(26)23-11-10-21(13-23)16-4-2-3-5-17(16)24(20(21)27)12-18(22)25/h2-9H,10-13H2,1H3,(H2,22,25). The first-order valence-corrected chi connectivity index (χ1v) is 9.09. The molecule has 2 aromatic carbocycles. The van der Waals surface area contributed by atoms with Crippen LogP contribution in [0.15, 0.2) is 48.5 Å². The number of hydrogen-bond acceptors (Lipinski definition) is 4. The molecule has 0 aromatic heterocycles. The maximum atomic E-state index is 13.3. The second-order valence-corrected chi connectivity index (χ2v) is 7.16. The van der Waals surface area contributed by atoms with Gasteiger partial charge in [0.1, 0.15) is 12.3 Å². The summed E-state index contributed by atoms with van der Waals surface area (Å²) in [6.07, 6.45) is 0.514. The molecule has 28 heavy (non-hydrogen) atoms. The summed E-state index contributed by atoms with van der Waals surface area (Å²) in [5.41, 5.74) is 6.62. The van der Waals surface area contributed by atoms with Gasteiger partial charge in [-0.2, -0.15) is 0 Å². The van der Waals surface area contributed by atoms with Crippen LogP contribution in [-0.2, 0) is 15.0 Å². The number of likely N-dealkylation sites (tertiary alicyclic amines) is 1. The lowest BCUT2D eigenvalue weighted by Gasteiger charge is -2.24. The number of nitrogens with zero attached hydrogens (tertiary/aromatic N) is 2. The van der Waals surface area contributed by atoms with Crippen molar-refractivity contribution in [3.05, 3.63) is 59.7 Å². The molecule has 2 aromatic rings. The van der Waals surface area contributed by atoms with Gasteiger partial charge in [-0.3, -0.25) is 14.4 Å². The normalized spacial score (nSPS) is 20.5. The number of fused-ring (bicyclic) bond motifs is 2. The molecule has 7 heteroatoms. The second kappa shape index (κ2) is 6.67. The predicted octanol–water partition coefficient (Wildman–Crippen LogP) is 1.31. The number of benzene rings is 2. The monoisotopic (exact) mass is 379 g/mol. The zero-order valence-corrected chi connectivity index (χ0v) is 15.6. The molecule has 3 amide bonds. The minimum Gasteiger partial charge on any atom is -0.497 e. The van der Waals surface area contributed by atoms with Crippen molar-refractivity contribution in [3.8, 4) is 5.75 Å². The Bertz CT molecular complexity index is 956. The highest BCUT2D eigenvalue weighted by atomic mass is 16.5. The molecule has 7 nitrogen and oxygen atoms in total. The van der Waals surface area contributed by atoms with Crippen molar-refractivity contribution in [3.63, 3.8) is 0 Å². The van der Waals surface area contributed by atoms with Gasteiger partial charge in [-0.15, -0.1) is 0 Å². The molecule has 1 spiro atoms. The van der Waals surface area contributed by atoms with Gasteiger partial charge in [0.2, 0.25) is 11.8 Å². The van der Waals surface area contributed by atoms with Crippen molar-refractivity contribution < 1.29 is 19.1 Å². The molecule has 0 bridgehead atoms. The van der Waals surface area contributed by atoms with Crippen LogP contribution in [0.5, 0.6) is 5.75 Å². The smallest absolute Gasteiger partial charge is 0.253 e. The number of ether oxygens (including phenoxy) is 1. The molecule has 1 fully saturated rings. The van der Waals surface area contributed by atoms with E-state index in [0.29, 0.717) is 30.0 Å². The zero-order valence-electron chi connectivity index (χ0n) is 15.6. The lowest BCUT2D eigenvalue weighted by atomic mass is 9.81.